The topological polar surface area (TPSA) is 176 Å². The zero-order chi connectivity index (χ0) is 24.6. The predicted octanol–water partition coefficient (Wildman–Crippen LogP) is -0.120. The molecule has 2 unspecified atom stereocenters. The third kappa shape index (κ3) is 10.8. The molecule has 0 bridgehead atoms. The normalized spacial score (nSPS) is 13.5. The van der Waals surface area contributed by atoms with Gasteiger partial charge in [-0.25, -0.2) is 9.59 Å². The van der Waals surface area contributed by atoms with Crippen molar-refractivity contribution in [1.29, 1.82) is 0 Å². The minimum absolute atomic E-state index is 0.987. The van der Waals surface area contributed by atoms with Gasteiger partial charge in [0.1, 0.15) is 12.1 Å². The lowest BCUT2D eigenvalue weighted by molar-refractivity contribution is -0.178. The molecule has 0 aliphatic carbocycles. The molecule has 0 heterocycles. The smallest absolute Gasteiger partial charge is 0.471 e. The van der Waals surface area contributed by atoms with E-state index in [2.05, 4.69) is 4.74 Å². The van der Waals surface area contributed by atoms with Crippen molar-refractivity contribution in [3.8, 4) is 0 Å². The number of hydrogen-bond acceptors (Lipinski definition) is 7. The number of aliphatic carboxylic acids is 2. The number of carbonyl (C=O) groups is 6. The Labute approximate surface area is 167 Å². The van der Waals surface area contributed by atoms with E-state index in [1.54, 1.807) is 0 Å². The van der Waals surface area contributed by atoms with Gasteiger partial charge < -0.3 is 25.6 Å². The summed E-state index contributed by atoms with van der Waals surface area (Å²) in [5.74, 6) is -12.6. The average Bonchev–Trinajstić information content (AvgIpc) is 2.59. The molecule has 0 aromatic carbocycles. The van der Waals surface area contributed by atoms with Crippen LogP contribution in [0.25, 0.3) is 0 Å². The van der Waals surface area contributed by atoms with E-state index >= 15 is 0 Å². The summed E-state index contributed by atoms with van der Waals surface area (Å²) in [4.78, 5) is 66.8. The molecular formula is C14H14F6N2O9. The van der Waals surface area contributed by atoms with Crippen LogP contribution in [0.1, 0.15) is 25.7 Å². The first-order valence-electron chi connectivity index (χ1n) is 7.89. The third-order valence-corrected chi connectivity index (χ3v) is 3.19. The van der Waals surface area contributed by atoms with Gasteiger partial charge in [-0.15, -0.1) is 0 Å². The van der Waals surface area contributed by atoms with Gasteiger partial charge in [-0.1, -0.05) is 0 Å². The summed E-state index contributed by atoms with van der Waals surface area (Å²) >= 11 is 0. The molecule has 0 fully saturated rings. The Morgan fingerprint density at radius 3 is 1.19 bits per heavy atom. The molecule has 0 aliphatic heterocycles. The molecule has 17 heteroatoms. The van der Waals surface area contributed by atoms with Gasteiger partial charge in [0.15, 0.2) is 0 Å². The predicted molar refractivity (Wildman–Crippen MR) is 80.8 cm³/mol. The van der Waals surface area contributed by atoms with Crippen LogP contribution in [0.15, 0.2) is 0 Å². The summed E-state index contributed by atoms with van der Waals surface area (Å²) in [6.07, 6.45) is -15.0. The van der Waals surface area contributed by atoms with Gasteiger partial charge in [0, 0.05) is 12.8 Å². The fourth-order valence-corrected chi connectivity index (χ4v) is 1.76. The Morgan fingerprint density at radius 1 is 0.677 bits per heavy atom. The van der Waals surface area contributed by atoms with Crippen molar-refractivity contribution < 1.29 is 70.1 Å². The van der Waals surface area contributed by atoms with Crippen molar-refractivity contribution in [2.45, 2.75) is 50.1 Å². The number of rotatable bonds is 10. The van der Waals surface area contributed by atoms with Crippen molar-refractivity contribution in [3.05, 3.63) is 0 Å². The zero-order valence-electron chi connectivity index (χ0n) is 15.0. The largest absolute Gasteiger partial charge is 0.481 e. The van der Waals surface area contributed by atoms with Crippen molar-refractivity contribution >= 4 is 35.7 Å². The van der Waals surface area contributed by atoms with Crippen LogP contribution in [0, 0.1) is 0 Å². The number of carboxylic acids is 2. The minimum atomic E-state index is -5.52. The standard InChI is InChI=1S/C14H14F6N2O9/c15-13(16,17)11(29)21-5(1-3-7(23)24)9(27)31-10(28)6(2-4-8(25)26)22-12(30)14(18,19)20/h5-6H,1-4H2,(H,21,29)(H,22,30)(H,23,24)(H,25,26). The summed E-state index contributed by atoms with van der Waals surface area (Å²) in [7, 11) is 0. The highest BCUT2D eigenvalue weighted by atomic mass is 19.4. The number of amides is 2. The van der Waals surface area contributed by atoms with Crippen molar-refractivity contribution in [2.24, 2.45) is 0 Å². The highest BCUT2D eigenvalue weighted by molar-refractivity contribution is 5.96. The molecule has 11 nitrogen and oxygen atoms in total. The molecule has 31 heavy (non-hydrogen) atoms. The van der Waals surface area contributed by atoms with Crippen molar-refractivity contribution in [1.82, 2.24) is 10.6 Å². The first kappa shape index (κ1) is 27.6. The first-order chi connectivity index (χ1) is 13.9. The molecule has 0 aromatic rings. The van der Waals surface area contributed by atoms with E-state index in [0.29, 0.717) is 0 Å². The maximum Gasteiger partial charge on any atom is 0.471 e. The van der Waals surface area contributed by atoms with E-state index in [1.807, 2.05) is 0 Å². The number of nitrogens with one attached hydrogen (secondary N) is 2. The Kier molecular flexibility index (Phi) is 9.90. The summed E-state index contributed by atoms with van der Waals surface area (Å²) in [5.41, 5.74) is 0. The molecule has 0 rings (SSSR count). The lowest BCUT2D eigenvalue weighted by Crippen LogP contribution is -2.51. The summed E-state index contributed by atoms with van der Waals surface area (Å²) in [6.45, 7) is 0. The Balaban J connectivity index is 5.46. The molecule has 0 aliphatic rings. The van der Waals surface area contributed by atoms with E-state index in [4.69, 9.17) is 10.2 Å². The zero-order valence-corrected chi connectivity index (χ0v) is 15.0. The number of ether oxygens (including phenoxy) is 1. The van der Waals surface area contributed by atoms with Gasteiger partial charge in [-0.3, -0.25) is 19.2 Å². The molecule has 0 saturated heterocycles. The minimum Gasteiger partial charge on any atom is -0.481 e. The fourth-order valence-electron chi connectivity index (χ4n) is 1.76. The van der Waals surface area contributed by atoms with Crippen LogP contribution in [-0.2, 0) is 33.5 Å². The number of carboxylic acid groups (broad SMARTS) is 2. The first-order valence-corrected chi connectivity index (χ1v) is 7.89. The van der Waals surface area contributed by atoms with Gasteiger partial charge >= 0.3 is 48.0 Å². The summed E-state index contributed by atoms with van der Waals surface area (Å²) < 4.78 is 78.1. The number of halogens is 6. The van der Waals surface area contributed by atoms with Crippen LogP contribution < -0.4 is 10.6 Å². The molecule has 2 atom stereocenters. The highest BCUT2D eigenvalue weighted by Gasteiger charge is 2.43. The van der Waals surface area contributed by atoms with Crippen LogP contribution in [0.4, 0.5) is 26.3 Å². The van der Waals surface area contributed by atoms with Crippen LogP contribution in [-0.4, -0.2) is 70.3 Å². The second kappa shape index (κ2) is 11.1. The van der Waals surface area contributed by atoms with Crippen LogP contribution >= 0.6 is 0 Å². The fraction of sp³-hybridized carbons (Fsp3) is 0.571. The van der Waals surface area contributed by atoms with Crippen LogP contribution in [0.5, 0.6) is 0 Å². The van der Waals surface area contributed by atoms with Crippen molar-refractivity contribution in [3.63, 3.8) is 0 Å². The SMILES string of the molecule is O=C(O)CCC(NC(=O)C(F)(F)F)C(=O)OC(=O)C(CCC(=O)O)NC(=O)C(F)(F)F. The van der Waals surface area contributed by atoms with Crippen LogP contribution in [0.3, 0.4) is 0 Å². The number of esters is 2. The Bertz CT molecular complexity index is 675. The molecule has 2 amide bonds. The second-order valence-corrected chi connectivity index (χ2v) is 5.65. The van der Waals surface area contributed by atoms with E-state index < -0.39 is 85.8 Å². The molecule has 176 valence electrons. The summed E-state index contributed by atoms with van der Waals surface area (Å²) in [6, 6.07) is -4.71. The Morgan fingerprint density at radius 2 is 0.968 bits per heavy atom. The lowest BCUT2D eigenvalue weighted by atomic mass is 10.1. The van der Waals surface area contributed by atoms with Gasteiger partial charge in [-0.05, 0) is 12.8 Å². The van der Waals surface area contributed by atoms with Gasteiger partial charge in [0.25, 0.3) is 0 Å². The second-order valence-electron chi connectivity index (χ2n) is 5.65. The number of alkyl halides is 6. The maximum atomic E-state index is 12.3. The van der Waals surface area contributed by atoms with Gasteiger partial charge in [0.05, 0.1) is 0 Å². The molecule has 0 aromatic heterocycles. The molecule has 0 spiro atoms. The maximum absolute atomic E-state index is 12.3. The van der Waals surface area contributed by atoms with Gasteiger partial charge in [0.2, 0.25) is 0 Å². The van der Waals surface area contributed by atoms with E-state index in [9.17, 15) is 55.1 Å². The van der Waals surface area contributed by atoms with Crippen LogP contribution in [0.2, 0.25) is 0 Å². The molecule has 4 N–H and O–H groups in total. The molecular weight excluding hydrogens is 454 g/mol. The van der Waals surface area contributed by atoms with Crippen molar-refractivity contribution in [2.75, 3.05) is 0 Å². The monoisotopic (exact) mass is 468 g/mol. The van der Waals surface area contributed by atoms with E-state index in [1.165, 1.54) is 0 Å². The Hall–Kier alpha value is -3.40. The average molecular weight is 468 g/mol. The third-order valence-electron chi connectivity index (χ3n) is 3.19. The quantitative estimate of drug-likeness (QED) is 0.193. The van der Waals surface area contributed by atoms with E-state index in [0.717, 1.165) is 10.6 Å². The molecule has 0 saturated carbocycles. The number of carbonyl (C=O) groups excluding carboxylic acids is 4. The number of hydrogen-bond donors (Lipinski definition) is 4. The highest BCUT2D eigenvalue weighted by Crippen LogP contribution is 2.17. The van der Waals surface area contributed by atoms with E-state index in [-0.39, 0.29) is 0 Å². The van der Waals surface area contributed by atoms with Gasteiger partial charge in [-0.2, -0.15) is 26.3 Å². The summed E-state index contributed by atoms with van der Waals surface area (Å²) in [5, 5.41) is 19.2. The molecule has 0 radical (unpaired) electrons. The lowest BCUT2D eigenvalue weighted by Gasteiger charge is -2.20.